The fourth-order valence-electron chi connectivity index (χ4n) is 2.54. The van der Waals surface area contributed by atoms with Gasteiger partial charge in [0.1, 0.15) is 4.88 Å². The molecule has 5 heteroatoms. The van der Waals surface area contributed by atoms with Crippen LogP contribution in [0.1, 0.15) is 25.9 Å². The van der Waals surface area contributed by atoms with E-state index in [1.165, 1.54) is 16.9 Å². The molecule has 0 aliphatic heterocycles. The zero-order valence-corrected chi connectivity index (χ0v) is 15.4. The van der Waals surface area contributed by atoms with Gasteiger partial charge >= 0.3 is 0 Å². The van der Waals surface area contributed by atoms with Crippen LogP contribution in [-0.2, 0) is 6.42 Å². The first kappa shape index (κ1) is 17.2. The van der Waals surface area contributed by atoms with Crippen molar-refractivity contribution in [2.45, 2.75) is 13.3 Å². The molecule has 0 saturated carbocycles. The largest absolute Gasteiger partial charge is 0.378 e. The molecule has 1 aromatic heterocycles. The molecule has 3 aromatic rings. The summed E-state index contributed by atoms with van der Waals surface area (Å²) in [5, 5.41) is 3.91. The van der Waals surface area contributed by atoms with Crippen LogP contribution < -0.4 is 10.2 Å². The molecular formula is C20H21N3OS. The quantitative estimate of drug-likeness (QED) is 0.743. The fraction of sp³-hybridized carbons (Fsp3) is 0.200. The van der Waals surface area contributed by atoms with Crippen LogP contribution in [0.15, 0.2) is 54.6 Å². The number of aromatic nitrogens is 1. The summed E-state index contributed by atoms with van der Waals surface area (Å²) in [7, 11) is 3.98. The van der Waals surface area contributed by atoms with Gasteiger partial charge in [-0.25, -0.2) is 4.98 Å². The molecule has 4 nitrogen and oxygen atoms in total. The summed E-state index contributed by atoms with van der Waals surface area (Å²) >= 11 is 1.46. The Morgan fingerprint density at radius 3 is 2.40 bits per heavy atom. The number of aryl methyl sites for hydroxylation is 1. The van der Waals surface area contributed by atoms with Crippen LogP contribution in [0, 0.1) is 6.92 Å². The number of hydrogen-bond acceptors (Lipinski definition) is 4. The van der Waals surface area contributed by atoms with Crippen LogP contribution in [0.5, 0.6) is 0 Å². The van der Waals surface area contributed by atoms with E-state index in [0.29, 0.717) is 4.88 Å². The van der Waals surface area contributed by atoms with Crippen LogP contribution in [0.4, 0.5) is 11.4 Å². The minimum absolute atomic E-state index is 0.105. The molecule has 3 rings (SSSR count). The molecule has 0 aliphatic rings. The monoisotopic (exact) mass is 351 g/mol. The molecule has 0 saturated heterocycles. The van der Waals surface area contributed by atoms with Crippen LogP contribution >= 0.6 is 11.3 Å². The highest BCUT2D eigenvalue weighted by molar-refractivity contribution is 7.14. The van der Waals surface area contributed by atoms with E-state index in [1.54, 1.807) is 0 Å². The Hall–Kier alpha value is -2.66. The summed E-state index contributed by atoms with van der Waals surface area (Å²) < 4.78 is 0. The van der Waals surface area contributed by atoms with E-state index >= 15 is 0 Å². The predicted octanol–water partition coefficient (Wildman–Crippen LogP) is 4.36. The standard InChI is InChI=1S/C20H21N3OS/c1-14-19(25-18(21-14)13-15-7-5-4-6-8-15)20(24)22-16-9-11-17(12-10-16)23(2)3/h4-12H,13H2,1-3H3,(H,22,24). The van der Waals surface area contributed by atoms with Crippen molar-refractivity contribution in [3.8, 4) is 0 Å². The number of benzene rings is 2. The highest BCUT2D eigenvalue weighted by atomic mass is 32.1. The number of carbonyl (C=O) groups excluding carboxylic acids is 1. The number of rotatable bonds is 5. The highest BCUT2D eigenvalue weighted by Crippen LogP contribution is 2.23. The van der Waals surface area contributed by atoms with Gasteiger partial charge < -0.3 is 10.2 Å². The molecule has 1 heterocycles. The van der Waals surface area contributed by atoms with Crippen molar-refractivity contribution < 1.29 is 4.79 Å². The van der Waals surface area contributed by atoms with Gasteiger partial charge in [-0.1, -0.05) is 30.3 Å². The first-order chi connectivity index (χ1) is 12.0. The van der Waals surface area contributed by atoms with Crippen molar-refractivity contribution in [2.75, 3.05) is 24.3 Å². The highest BCUT2D eigenvalue weighted by Gasteiger charge is 2.15. The lowest BCUT2D eigenvalue weighted by Crippen LogP contribution is -2.12. The van der Waals surface area contributed by atoms with Gasteiger partial charge in [0.2, 0.25) is 0 Å². The second kappa shape index (κ2) is 7.49. The maximum atomic E-state index is 12.6. The Labute approximate surface area is 152 Å². The summed E-state index contributed by atoms with van der Waals surface area (Å²) in [6.07, 6.45) is 0.747. The summed E-state index contributed by atoms with van der Waals surface area (Å²) in [6.45, 7) is 1.88. The van der Waals surface area contributed by atoms with Crippen molar-refractivity contribution in [1.82, 2.24) is 4.98 Å². The van der Waals surface area contributed by atoms with Crippen molar-refractivity contribution in [2.24, 2.45) is 0 Å². The molecule has 1 amide bonds. The van der Waals surface area contributed by atoms with Crippen LogP contribution in [0.2, 0.25) is 0 Å². The normalized spacial score (nSPS) is 10.5. The lowest BCUT2D eigenvalue weighted by Gasteiger charge is -2.12. The number of nitrogens with one attached hydrogen (secondary N) is 1. The minimum Gasteiger partial charge on any atom is -0.378 e. The van der Waals surface area contributed by atoms with E-state index in [2.05, 4.69) is 22.4 Å². The average Bonchev–Trinajstić information content (AvgIpc) is 2.96. The number of hydrogen-bond donors (Lipinski definition) is 1. The molecule has 0 unspecified atom stereocenters. The first-order valence-corrected chi connectivity index (χ1v) is 8.93. The first-order valence-electron chi connectivity index (χ1n) is 8.12. The number of amides is 1. The van der Waals surface area contributed by atoms with Gasteiger partial charge in [-0.15, -0.1) is 11.3 Å². The molecule has 0 radical (unpaired) electrons. The van der Waals surface area contributed by atoms with Gasteiger partial charge in [0.15, 0.2) is 0 Å². The molecule has 0 atom stereocenters. The Morgan fingerprint density at radius 1 is 1.08 bits per heavy atom. The zero-order chi connectivity index (χ0) is 17.8. The number of nitrogens with zero attached hydrogens (tertiary/aromatic N) is 2. The van der Waals surface area contributed by atoms with Gasteiger partial charge in [-0.05, 0) is 36.8 Å². The van der Waals surface area contributed by atoms with Crippen LogP contribution in [-0.4, -0.2) is 25.0 Å². The third kappa shape index (κ3) is 4.25. The van der Waals surface area contributed by atoms with Crippen molar-refractivity contribution in [1.29, 1.82) is 0 Å². The second-order valence-corrected chi connectivity index (χ2v) is 7.16. The smallest absolute Gasteiger partial charge is 0.267 e. The molecular weight excluding hydrogens is 330 g/mol. The van der Waals surface area contributed by atoms with Crippen LogP contribution in [0.3, 0.4) is 0 Å². The maximum Gasteiger partial charge on any atom is 0.267 e. The minimum atomic E-state index is -0.105. The van der Waals surface area contributed by atoms with Crippen LogP contribution in [0.25, 0.3) is 0 Å². The van der Waals surface area contributed by atoms with Gasteiger partial charge in [-0.2, -0.15) is 0 Å². The third-order valence-electron chi connectivity index (χ3n) is 3.89. The average molecular weight is 351 g/mol. The van der Waals surface area contributed by atoms with E-state index in [9.17, 15) is 4.79 Å². The summed E-state index contributed by atoms with van der Waals surface area (Å²) in [5.41, 5.74) is 3.85. The SMILES string of the molecule is Cc1nc(Cc2ccccc2)sc1C(=O)Nc1ccc(N(C)C)cc1. The number of anilines is 2. The molecule has 128 valence electrons. The van der Waals surface area contributed by atoms with E-state index < -0.39 is 0 Å². The Balaban J connectivity index is 1.71. The number of thiazole rings is 1. The van der Waals surface area contributed by atoms with Crippen molar-refractivity contribution in [3.63, 3.8) is 0 Å². The lowest BCUT2D eigenvalue weighted by molar-refractivity contribution is 0.103. The molecule has 0 spiro atoms. The Kier molecular flexibility index (Phi) is 5.14. The summed E-state index contributed by atoms with van der Waals surface area (Å²) in [5.74, 6) is -0.105. The van der Waals surface area contributed by atoms with Crippen molar-refractivity contribution >= 4 is 28.6 Å². The maximum absolute atomic E-state index is 12.6. The van der Waals surface area contributed by atoms with Gasteiger partial charge in [-0.3, -0.25) is 4.79 Å². The fourth-order valence-corrected chi connectivity index (χ4v) is 3.53. The van der Waals surface area contributed by atoms with Gasteiger partial charge in [0.05, 0.1) is 10.7 Å². The molecule has 0 fully saturated rings. The summed E-state index contributed by atoms with van der Waals surface area (Å²) in [4.78, 5) is 19.8. The van der Waals surface area contributed by atoms with Crippen molar-refractivity contribution in [3.05, 3.63) is 75.7 Å². The Morgan fingerprint density at radius 2 is 1.76 bits per heavy atom. The molecule has 0 bridgehead atoms. The van der Waals surface area contributed by atoms with E-state index in [-0.39, 0.29) is 5.91 Å². The second-order valence-electron chi connectivity index (χ2n) is 6.08. The topological polar surface area (TPSA) is 45.2 Å². The predicted molar refractivity (Wildman–Crippen MR) is 105 cm³/mol. The third-order valence-corrected chi connectivity index (χ3v) is 5.04. The lowest BCUT2D eigenvalue weighted by atomic mass is 10.2. The van der Waals surface area contributed by atoms with Gasteiger partial charge in [0.25, 0.3) is 5.91 Å². The van der Waals surface area contributed by atoms with E-state index in [0.717, 1.165) is 28.5 Å². The molecule has 1 N–H and O–H groups in total. The van der Waals surface area contributed by atoms with Gasteiger partial charge in [0, 0.05) is 31.9 Å². The van der Waals surface area contributed by atoms with E-state index in [1.807, 2.05) is 68.4 Å². The zero-order valence-electron chi connectivity index (χ0n) is 14.6. The Bertz CT molecular complexity index is 854. The molecule has 0 aliphatic carbocycles. The summed E-state index contributed by atoms with van der Waals surface area (Å²) in [6, 6.07) is 18.0. The molecule has 25 heavy (non-hydrogen) atoms. The van der Waals surface area contributed by atoms with E-state index in [4.69, 9.17) is 0 Å². The molecule has 2 aromatic carbocycles. The number of carbonyl (C=O) groups is 1.